The van der Waals surface area contributed by atoms with Crippen LogP contribution in [0.25, 0.3) is 32.9 Å². The van der Waals surface area contributed by atoms with Crippen LogP contribution in [0, 0.1) is 24.0 Å². The lowest BCUT2D eigenvalue weighted by Gasteiger charge is -2.22. The maximum Gasteiger partial charge on any atom is 0.347 e. The molecule has 0 amide bonds. The van der Waals surface area contributed by atoms with E-state index in [1.54, 1.807) is 35.2 Å². The van der Waals surface area contributed by atoms with Crippen molar-refractivity contribution in [3.63, 3.8) is 0 Å². The van der Waals surface area contributed by atoms with E-state index in [2.05, 4.69) is 20.9 Å². The number of nitrogens with one attached hydrogen (secondary N) is 1. The molecule has 0 aliphatic carbocycles. The monoisotopic (exact) mass is 446 g/mol. The second kappa shape index (κ2) is 8.10. The third-order valence-corrected chi connectivity index (χ3v) is 5.74. The number of aromatic nitrogens is 3. The van der Waals surface area contributed by atoms with Crippen molar-refractivity contribution in [3.8, 4) is 23.6 Å². The highest BCUT2D eigenvalue weighted by atomic mass is 19.1. The Kier molecular flexibility index (Phi) is 5.09. The maximum atomic E-state index is 15.8. The summed E-state index contributed by atoms with van der Waals surface area (Å²) in [6.07, 6.45) is 9.17. The van der Waals surface area contributed by atoms with Crippen LogP contribution in [0.15, 0.2) is 53.5 Å². The third kappa shape index (κ3) is 3.52. The van der Waals surface area contributed by atoms with E-state index in [1.807, 2.05) is 0 Å². The van der Waals surface area contributed by atoms with Gasteiger partial charge in [-0.2, -0.15) is 4.98 Å². The normalized spacial score (nSPS) is 16.2. The molecule has 8 heteroatoms. The number of hydrogen-bond acceptors (Lipinski definition) is 4. The molecule has 33 heavy (non-hydrogen) atoms. The fraction of sp³-hybridized carbons (Fsp3) is 0.160. The van der Waals surface area contributed by atoms with Crippen LogP contribution >= 0.6 is 0 Å². The zero-order valence-electron chi connectivity index (χ0n) is 17.3. The van der Waals surface area contributed by atoms with Gasteiger partial charge in [-0.3, -0.25) is 4.98 Å². The second-order valence-corrected chi connectivity index (χ2v) is 7.72. The van der Waals surface area contributed by atoms with Crippen molar-refractivity contribution in [3.05, 3.63) is 76.4 Å². The molecule has 164 valence electrons. The Labute approximate surface area is 186 Å². The summed E-state index contributed by atoms with van der Waals surface area (Å²) < 4.78 is 43.9. The standard InChI is InChI=1S/C25H17F3N4O/c1-2-16-19(27)9-8-14-5-3-7-17(20(14)16)22-21(28)23-18(13-29-22)24(31-25(33)30-23)32-11-4-6-15(26)10-12-32/h1,3-9,13,15H,10-12H2,(H,30,31,33). The summed E-state index contributed by atoms with van der Waals surface area (Å²) in [7, 11) is 0. The van der Waals surface area contributed by atoms with E-state index in [1.165, 1.54) is 18.3 Å². The van der Waals surface area contributed by atoms with E-state index in [4.69, 9.17) is 6.42 Å². The number of aromatic amines is 1. The number of hydrogen-bond donors (Lipinski definition) is 1. The Bertz CT molecular complexity index is 1540. The van der Waals surface area contributed by atoms with Crippen LogP contribution < -0.4 is 10.6 Å². The number of fused-ring (bicyclic) bond motifs is 2. The van der Waals surface area contributed by atoms with Gasteiger partial charge in [-0.05, 0) is 17.9 Å². The molecule has 0 saturated carbocycles. The van der Waals surface area contributed by atoms with Gasteiger partial charge in [0.25, 0.3) is 0 Å². The van der Waals surface area contributed by atoms with E-state index in [9.17, 15) is 13.6 Å². The maximum absolute atomic E-state index is 15.8. The van der Waals surface area contributed by atoms with E-state index in [0.29, 0.717) is 29.4 Å². The Hall–Kier alpha value is -4.12. The lowest BCUT2D eigenvalue weighted by molar-refractivity contribution is 0.384. The first-order chi connectivity index (χ1) is 16.0. The molecule has 1 atom stereocenters. The van der Waals surface area contributed by atoms with Gasteiger partial charge in [0, 0.05) is 30.2 Å². The molecule has 1 aliphatic rings. The molecule has 0 radical (unpaired) electrons. The SMILES string of the molecule is C#Cc1c(F)ccc2cccc(-c3ncc4c(N5CC=CC(F)CC5)nc(=O)[nH]c4c3F)c12. The highest BCUT2D eigenvalue weighted by Gasteiger charge is 2.22. The summed E-state index contributed by atoms with van der Waals surface area (Å²) in [5.41, 5.74) is -0.605. The largest absolute Gasteiger partial charge is 0.352 e. The first-order valence-electron chi connectivity index (χ1n) is 10.3. The van der Waals surface area contributed by atoms with Crippen molar-refractivity contribution in [2.45, 2.75) is 12.6 Å². The van der Waals surface area contributed by atoms with E-state index in [-0.39, 0.29) is 34.4 Å². The van der Waals surface area contributed by atoms with E-state index < -0.39 is 23.5 Å². The minimum absolute atomic E-state index is 0.00504. The predicted molar refractivity (Wildman–Crippen MR) is 122 cm³/mol. The number of allylic oxidation sites excluding steroid dienone is 1. The lowest BCUT2D eigenvalue weighted by atomic mass is 9.96. The molecule has 1 N–H and O–H groups in total. The predicted octanol–water partition coefficient (Wildman–Crippen LogP) is 4.50. The molecule has 0 spiro atoms. The van der Waals surface area contributed by atoms with E-state index in [0.717, 1.165) is 0 Å². The van der Waals surface area contributed by atoms with Gasteiger partial charge in [0.2, 0.25) is 0 Å². The van der Waals surface area contributed by atoms with Gasteiger partial charge in [-0.1, -0.05) is 42.3 Å². The van der Waals surface area contributed by atoms with Crippen molar-refractivity contribution >= 4 is 27.5 Å². The molecule has 0 fully saturated rings. The molecule has 0 saturated heterocycles. The molecule has 1 aliphatic heterocycles. The smallest absolute Gasteiger partial charge is 0.347 e. The van der Waals surface area contributed by atoms with Gasteiger partial charge in [-0.15, -0.1) is 6.42 Å². The topological polar surface area (TPSA) is 61.9 Å². The van der Waals surface area contributed by atoms with Crippen molar-refractivity contribution in [2.75, 3.05) is 18.0 Å². The Morgan fingerprint density at radius 1 is 1.21 bits per heavy atom. The first-order valence-corrected chi connectivity index (χ1v) is 10.3. The second-order valence-electron chi connectivity index (χ2n) is 7.72. The van der Waals surface area contributed by atoms with Gasteiger partial charge < -0.3 is 9.88 Å². The number of halogens is 3. The number of nitrogens with zero attached hydrogens (tertiary/aromatic N) is 3. The molecule has 5 rings (SSSR count). The molecular formula is C25H17F3N4O. The van der Waals surface area contributed by atoms with Crippen LogP contribution in [0.2, 0.25) is 0 Å². The minimum atomic E-state index is -1.10. The molecule has 1 unspecified atom stereocenters. The van der Waals surface area contributed by atoms with Gasteiger partial charge in [0.05, 0.1) is 16.5 Å². The van der Waals surface area contributed by atoms with Crippen LogP contribution in [-0.2, 0) is 0 Å². The van der Waals surface area contributed by atoms with Crippen LogP contribution in [0.1, 0.15) is 12.0 Å². The van der Waals surface area contributed by atoms with Gasteiger partial charge in [0.15, 0.2) is 5.82 Å². The summed E-state index contributed by atoms with van der Waals surface area (Å²) in [6.45, 7) is 0.626. The fourth-order valence-corrected chi connectivity index (χ4v) is 4.19. The number of alkyl halides is 1. The summed E-state index contributed by atoms with van der Waals surface area (Å²) >= 11 is 0. The Balaban J connectivity index is 1.75. The molecule has 4 aromatic rings. The van der Waals surface area contributed by atoms with Crippen molar-refractivity contribution in [1.82, 2.24) is 15.0 Å². The number of benzene rings is 2. The zero-order chi connectivity index (χ0) is 23.1. The van der Waals surface area contributed by atoms with Gasteiger partial charge in [0.1, 0.15) is 23.5 Å². The van der Waals surface area contributed by atoms with Crippen molar-refractivity contribution < 1.29 is 13.2 Å². The highest BCUT2D eigenvalue weighted by Crippen LogP contribution is 2.35. The number of anilines is 1. The van der Waals surface area contributed by atoms with Crippen LogP contribution in [0.5, 0.6) is 0 Å². The third-order valence-electron chi connectivity index (χ3n) is 5.74. The Morgan fingerprint density at radius 3 is 2.88 bits per heavy atom. The highest BCUT2D eigenvalue weighted by molar-refractivity contribution is 6.02. The summed E-state index contributed by atoms with van der Waals surface area (Å²) in [4.78, 5) is 24.8. The average Bonchev–Trinajstić information content (AvgIpc) is 3.03. The molecule has 0 bridgehead atoms. The zero-order valence-corrected chi connectivity index (χ0v) is 17.3. The lowest BCUT2D eigenvalue weighted by Crippen LogP contribution is -2.28. The van der Waals surface area contributed by atoms with Crippen LogP contribution in [-0.4, -0.2) is 34.2 Å². The molecule has 2 aromatic heterocycles. The van der Waals surface area contributed by atoms with E-state index >= 15 is 4.39 Å². The average molecular weight is 446 g/mol. The Morgan fingerprint density at radius 2 is 2.06 bits per heavy atom. The van der Waals surface area contributed by atoms with Gasteiger partial charge in [-0.25, -0.2) is 18.0 Å². The molecule has 3 heterocycles. The number of pyridine rings is 1. The number of H-pyrrole nitrogens is 1. The summed E-state index contributed by atoms with van der Waals surface area (Å²) in [5, 5.41) is 1.27. The van der Waals surface area contributed by atoms with Crippen LogP contribution in [0.4, 0.5) is 19.0 Å². The minimum Gasteiger partial charge on any atom is -0.352 e. The number of rotatable bonds is 2. The van der Waals surface area contributed by atoms with Crippen molar-refractivity contribution in [1.29, 1.82) is 0 Å². The summed E-state index contributed by atoms with van der Waals surface area (Å²) in [6, 6.07) is 7.86. The molecule has 2 aromatic carbocycles. The molecule has 5 nitrogen and oxygen atoms in total. The first kappa shape index (κ1) is 20.8. The summed E-state index contributed by atoms with van der Waals surface area (Å²) in [5.74, 6) is 1.17. The van der Waals surface area contributed by atoms with Crippen molar-refractivity contribution in [2.24, 2.45) is 0 Å². The van der Waals surface area contributed by atoms with Gasteiger partial charge >= 0.3 is 5.69 Å². The quantitative estimate of drug-likeness (QED) is 0.364. The fourth-order valence-electron chi connectivity index (χ4n) is 4.19. The number of terminal acetylenes is 1. The van der Waals surface area contributed by atoms with Crippen LogP contribution in [0.3, 0.4) is 0 Å². The molecular weight excluding hydrogens is 429 g/mol.